The van der Waals surface area contributed by atoms with Gasteiger partial charge in [-0.3, -0.25) is 14.2 Å². The molecule has 0 spiro atoms. The van der Waals surface area contributed by atoms with Crippen LogP contribution >= 0.6 is 11.6 Å². The lowest BCUT2D eigenvalue weighted by atomic mass is 9.93. The zero-order valence-corrected chi connectivity index (χ0v) is 23.5. The van der Waals surface area contributed by atoms with Crippen LogP contribution in [0.4, 0.5) is 10.2 Å². The van der Waals surface area contributed by atoms with E-state index in [2.05, 4.69) is 15.3 Å². The van der Waals surface area contributed by atoms with Crippen LogP contribution in [0.2, 0.25) is 5.02 Å². The number of aryl methyl sites for hydroxylation is 1. The number of aliphatic hydroxyl groups is 1. The number of hydrogen-bond donors (Lipinski definition) is 3. The van der Waals surface area contributed by atoms with E-state index < -0.39 is 17.3 Å². The molecule has 4 N–H and O–H groups in total. The Balaban J connectivity index is 1.85. The number of hydrogen-bond acceptors (Lipinski definition) is 7. The number of nitrogens with zero attached hydrogens (tertiary/aromatic N) is 4. The summed E-state index contributed by atoms with van der Waals surface area (Å²) in [5.41, 5.74) is 7.95. The molecule has 0 saturated carbocycles. The van der Waals surface area contributed by atoms with Gasteiger partial charge in [0.2, 0.25) is 0 Å². The third-order valence-corrected chi connectivity index (χ3v) is 6.60. The Bertz CT molecular complexity index is 1540. The molecule has 1 aromatic carbocycles. The van der Waals surface area contributed by atoms with Crippen molar-refractivity contribution in [1.29, 1.82) is 0 Å². The molecule has 0 unspecified atom stereocenters. The van der Waals surface area contributed by atoms with E-state index in [9.17, 15) is 9.90 Å². The van der Waals surface area contributed by atoms with Crippen LogP contribution < -0.4 is 15.8 Å². The molecule has 1 amide bonds. The van der Waals surface area contributed by atoms with Gasteiger partial charge < -0.3 is 20.9 Å². The van der Waals surface area contributed by atoms with Gasteiger partial charge in [-0.15, -0.1) is 0 Å². The van der Waals surface area contributed by atoms with Crippen molar-refractivity contribution in [2.45, 2.75) is 59.1 Å². The summed E-state index contributed by atoms with van der Waals surface area (Å²) in [6.45, 7) is 10.6. The maximum atomic E-state index is 15.7. The average Bonchev–Trinajstić information content (AvgIpc) is 3.23. The number of ether oxygens (including phenoxy) is 1. The Kier molecular flexibility index (Phi) is 7.81. The van der Waals surface area contributed by atoms with Crippen LogP contribution in [0.25, 0.3) is 16.6 Å². The zero-order chi connectivity index (χ0) is 28.6. The van der Waals surface area contributed by atoms with Gasteiger partial charge in [-0.05, 0) is 46.8 Å². The van der Waals surface area contributed by atoms with Crippen LogP contribution in [0, 0.1) is 12.7 Å². The predicted molar refractivity (Wildman–Crippen MR) is 149 cm³/mol. The number of carbonyl (C=O) groups excluding carboxylic acids is 1. The van der Waals surface area contributed by atoms with Crippen LogP contribution in [0.3, 0.4) is 0 Å². The Labute approximate surface area is 231 Å². The molecule has 0 aliphatic rings. The lowest BCUT2D eigenvalue weighted by Crippen LogP contribution is -2.46. The quantitative estimate of drug-likeness (QED) is 0.282. The molecular formula is C28H32ClFN6O3. The maximum absolute atomic E-state index is 15.7. The molecule has 0 radical (unpaired) electrons. The number of imidazole rings is 1. The first-order valence-corrected chi connectivity index (χ1v) is 12.9. The lowest BCUT2D eigenvalue weighted by Gasteiger charge is -2.24. The fourth-order valence-electron chi connectivity index (χ4n) is 4.37. The minimum atomic E-state index is -0.824. The van der Waals surface area contributed by atoms with Crippen molar-refractivity contribution in [1.82, 2.24) is 24.7 Å². The number of nitrogen functional groups attached to an aromatic ring is 1. The van der Waals surface area contributed by atoms with Crippen molar-refractivity contribution in [2.24, 2.45) is 0 Å². The average molecular weight is 555 g/mol. The second-order valence-electron chi connectivity index (χ2n) is 10.4. The summed E-state index contributed by atoms with van der Waals surface area (Å²) in [7, 11) is 0. The molecule has 4 rings (SSSR count). The molecule has 3 heterocycles. The highest BCUT2D eigenvalue weighted by Crippen LogP contribution is 2.44. The molecule has 0 bridgehead atoms. The third kappa shape index (κ3) is 5.53. The number of nitrogens with one attached hydrogen (secondary N) is 1. The smallest absolute Gasteiger partial charge is 0.270 e. The predicted octanol–water partition coefficient (Wildman–Crippen LogP) is 4.91. The van der Waals surface area contributed by atoms with Crippen LogP contribution in [0.1, 0.15) is 68.1 Å². The molecule has 9 nitrogen and oxygen atoms in total. The minimum absolute atomic E-state index is 0.0896. The summed E-state index contributed by atoms with van der Waals surface area (Å²) in [4.78, 5) is 25.8. The van der Waals surface area contributed by atoms with Crippen LogP contribution in [-0.2, 0) is 0 Å². The lowest BCUT2D eigenvalue weighted by molar-refractivity contribution is 0.0864. The Hall–Kier alpha value is -3.76. The fourth-order valence-corrected chi connectivity index (χ4v) is 4.58. The number of benzene rings is 1. The fraction of sp³-hybridized carbons (Fsp3) is 0.357. The number of aromatic nitrogens is 4. The zero-order valence-electron chi connectivity index (χ0n) is 22.7. The Morgan fingerprint density at radius 2 is 2.00 bits per heavy atom. The summed E-state index contributed by atoms with van der Waals surface area (Å²) >= 11 is 6.43. The highest BCUT2D eigenvalue weighted by molar-refractivity contribution is 6.31. The van der Waals surface area contributed by atoms with Gasteiger partial charge in [-0.1, -0.05) is 24.6 Å². The molecule has 4 aromatic rings. The number of pyridine rings is 1. The number of aliphatic hydroxyl groups excluding tert-OH is 1. The molecule has 3 aromatic heterocycles. The first-order chi connectivity index (χ1) is 18.3. The summed E-state index contributed by atoms with van der Waals surface area (Å²) in [6, 6.07) is 4.63. The van der Waals surface area contributed by atoms with Gasteiger partial charge in [-0.25, -0.2) is 14.4 Å². The molecular weight excluding hydrogens is 523 g/mol. The summed E-state index contributed by atoms with van der Waals surface area (Å²) in [5.74, 6) is -0.184. The number of rotatable bonds is 8. The van der Waals surface area contributed by atoms with Crippen molar-refractivity contribution in [3.05, 3.63) is 70.4 Å². The SMILES string of the molecule is Cc1nc([C@@H](C)c2cc(Cl)c(F)c(-c3ccc(C(=O)NC(C)(C)CO)nc3)c2OC(C)C)n2ccnc(N)c12. The summed E-state index contributed by atoms with van der Waals surface area (Å²) in [6.07, 6.45) is 4.49. The van der Waals surface area contributed by atoms with Crippen molar-refractivity contribution in [3.8, 4) is 16.9 Å². The van der Waals surface area contributed by atoms with Gasteiger partial charge in [0.1, 0.15) is 28.6 Å². The number of nitrogens with two attached hydrogens (primary N) is 1. The normalized spacial score (nSPS) is 12.7. The van der Waals surface area contributed by atoms with Crippen LogP contribution in [-0.4, -0.2) is 48.6 Å². The highest BCUT2D eigenvalue weighted by atomic mass is 35.5. The molecule has 0 fully saturated rings. The largest absolute Gasteiger partial charge is 0.490 e. The van der Waals surface area contributed by atoms with E-state index in [0.29, 0.717) is 39.7 Å². The second kappa shape index (κ2) is 10.8. The van der Waals surface area contributed by atoms with Gasteiger partial charge in [0, 0.05) is 35.6 Å². The highest BCUT2D eigenvalue weighted by Gasteiger charge is 2.28. The van der Waals surface area contributed by atoms with E-state index in [0.717, 1.165) is 0 Å². The Morgan fingerprint density at radius 3 is 2.62 bits per heavy atom. The van der Waals surface area contributed by atoms with Gasteiger partial charge in [0.05, 0.1) is 34.5 Å². The van der Waals surface area contributed by atoms with E-state index >= 15 is 4.39 Å². The monoisotopic (exact) mass is 554 g/mol. The molecule has 0 aliphatic heterocycles. The number of anilines is 1. The first kappa shape index (κ1) is 28.3. The van der Waals surface area contributed by atoms with Crippen molar-refractivity contribution in [3.63, 3.8) is 0 Å². The standard InChI is InChI=1S/C28H32ClFN6O3/c1-14(2)39-24-18(15(3)26-34-16(4)23-25(31)32-9-10-36(23)26)11-19(29)22(30)21(24)17-7-8-20(33-12-17)27(38)35-28(5,6)13-37/h7-12,14-15,37H,13H2,1-6H3,(H2,31,32)(H,35,38)/t15-/m0/s1. The van der Waals surface area contributed by atoms with Crippen LogP contribution in [0.15, 0.2) is 36.8 Å². The molecule has 39 heavy (non-hydrogen) atoms. The van der Waals surface area contributed by atoms with E-state index in [1.165, 1.54) is 12.3 Å². The molecule has 1 atom stereocenters. The van der Waals surface area contributed by atoms with Crippen molar-refractivity contribution in [2.75, 3.05) is 12.3 Å². The number of amides is 1. The van der Waals surface area contributed by atoms with E-state index in [4.69, 9.17) is 27.1 Å². The Morgan fingerprint density at radius 1 is 1.28 bits per heavy atom. The molecule has 0 saturated heterocycles. The van der Waals surface area contributed by atoms with Crippen LogP contribution in [0.5, 0.6) is 5.75 Å². The summed E-state index contributed by atoms with van der Waals surface area (Å²) in [5, 5.41) is 12.1. The second-order valence-corrected chi connectivity index (χ2v) is 10.8. The van der Waals surface area contributed by atoms with Gasteiger partial charge in [-0.2, -0.15) is 0 Å². The third-order valence-electron chi connectivity index (χ3n) is 6.32. The van der Waals surface area contributed by atoms with E-state index in [1.807, 2.05) is 32.1 Å². The van der Waals surface area contributed by atoms with E-state index in [1.54, 1.807) is 38.4 Å². The molecule has 206 valence electrons. The number of fused-ring (bicyclic) bond motifs is 1. The topological polar surface area (TPSA) is 128 Å². The van der Waals surface area contributed by atoms with Gasteiger partial charge in [0.15, 0.2) is 5.82 Å². The number of halogens is 2. The van der Waals surface area contributed by atoms with E-state index in [-0.39, 0.29) is 34.9 Å². The maximum Gasteiger partial charge on any atom is 0.270 e. The van der Waals surface area contributed by atoms with Crippen molar-refractivity contribution >= 4 is 28.8 Å². The number of carbonyl (C=O) groups is 1. The van der Waals surface area contributed by atoms with Gasteiger partial charge in [0.25, 0.3) is 5.91 Å². The first-order valence-electron chi connectivity index (χ1n) is 12.5. The van der Waals surface area contributed by atoms with Crippen molar-refractivity contribution < 1.29 is 19.0 Å². The summed E-state index contributed by atoms with van der Waals surface area (Å²) < 4.78 is 23.8. The molecule has 11 heteroatoms. The molecule has 0 aliphatic carbocycles. The minimum Gasteiger partial charge on any atom is -0.490 e. The van der Waals surface area contributed by atoms with Gasteiger partial charge >= 0.3 is 0 Å².